The van der Waals surface area contributed by atoms with Crippen LogP contribution in [0.25, 0.3) is 6.08 Å². The number of thioether (sulfide) groups is 1. The molecule has 1 aliphatic rings. The summed E-state index contributed by atoms with van der Waals surface area (Å²) >= 11 is 0.894. The molecule has 0 aromatic heterocycles. The van der Waals surface area contributed by atoms with E-state index in [0.29, 0.717) is 10.5 Å². The molecule has 0 aliphatic carbocycles. The molecule has 0 spiro atoms. The normalized spacial score (nSPS) is 15.4. The minimum Gasteiger partial charge on any atom is -0.465 e. The first-order valence-corrected chi connectivity index (χ1v) is 8.63. The zero-order chi connectivity index (χ0) is 18.5. The van der Waals surface area contributed by atoms with Gasteiger partial charge in [0.15, 0.2) is 0 Å². The van der Waals surface area contributed by atoms with Crippen molar-refractivity contribution < 1.29 is 19.1 Å². The molecule has 7 heteroatoms. The summed E-state index contributed by atoms with van der Waals surface area (Å²) in [7, 11) is 1.32. The maximum atomic E-state index is 12.5. The van der Waals surface area contributed by atoms with Gasteiger partial charge in [0.1, 0.15) is 0 Å². The Morgan fingerprint density at radius 1 is 1.12 bits per heavy atom. The smallest absolute Gasteiger partial charge is 0.337 e. The first-order valence-electron chi connectivity index (χ1n) is 7.81. The van der Waals surface area contributed by atoms with E-state index in [0.717, 1.165) is 27.9 Å². The molecule has 1 aliphatic heterocycles. The fourth-order valence-corrected chi connectivity index (χ4v) is 3.19. The Hall–Kier alpha value is -3.06. The van der Waals surface area contributed by atoms with E-state index in [4.69, 9.17) is 0 Å². The van der Waals surface area contributed by atoms with Crippen molar-refractivity contribution in [2.24, 2.45) is 0 Å². The summed E-state index contributed by atoms with van der Waals surface area (Å²) in [5, 5.41) is 2.73. The molecular formula is C19H16N2O4S. The van der Waals surface area contributed by atoms with Gasteiger partial charge in [-0.1, -0.05) is 30.3 Å². The van der Waals surface area contributed by atoms with Crippen molar-refractivity contribution in [1.29, 1.82) is 0 Å². The first-order chi connectivity index (χ1) is 12.6. The fourth-order valence-electron chi connectivity index (χ4n) is 2.35. The average Bonchev–Trinajstić information content (AvgIpc) is 2.94. The molecule has 0 radical (unpaired) electrons. The number of esters is 1. The van der Waals surface area contributed by atoms with Crippen LogP contribution in [0.2, 0.25) is 0 Å². The Balaban J connectivity index is 1.69. The molecule has 2 aromatic carbocycles. The number of amides is 2. The number of hydrogen-bond acceptors (Lipinski definition) is 6. The van der Waals surface area contributed by atoms with Crippen molar-refractivity contribution in [3.8, 4) is 0 Å². The van der Waals surface area contributed by atoms with Gasteiger partial charge < -0.3 is 10.1 Å². The Morgan fingerprint density at radius 2 is 1.81 bits per heavy atom. The summed E-state index contributed by atoms with van der Waals surface area (Å²) in [6, 6.07) is 16.0. The number of ether oxygens (including phenoxy) is 1. The fraction of sp³-hybridized carbons (Fsp3) is 0.105. The van der Waals surface area contributed by atoms with E-state index in [1.165, 1.54) is 7.11 Å². The molecule has 2 amide bonds. The lowest BCUT2D eigenvalue weighted by Crippen LogP contribution is -2.33. The monoisotopic (exact) mass is 368 g/mol. The van der Waals surface area contributed by atoms with Crippen LogP contribution < -0.4 is 5.32 Å². The highest BCUT2D eigenvalue weighted by Gasteiger charge is 2.34. The Morgan fingerprint density at radius 3 is 2.46 bits per heavy atom. The molecule has 1 N–H and O–H groups in total. The van der Waals surface area contributed by atoms with Gasteiger partial charge in [-0.15, -0.1) is 0 Å². The van der Waals surface area contributed by atoms with Crippen LogP contribution in [0.3, 0.4) is 0 Å². The Labute approximate surface area is 154 Å². The van der Waals surface area contributed by atoms with Crippen LogP contribution in [0.15, 0.2) is 59.5 Å². The second-order valence-corrected chi connectivity index (χ2v) is 6.42. The molecule has 0 unspecified atom stereocenters. The number of para-hydroxylation sites is 1. The summed E-state index contributed by atoms with van der Waals surface area (Å²) in [4.78, 5) is 37.5. The molecule has 26 heavy (non-hydrogen) atoms. The third-order valence-electron chi connectivity index (χ3n) is 3.72. The highest BCUT2D eigenvalue weighted by Crippen LogP contribution is 2.32. The number of benzene rings is 2. The van der Waals surface area contributed by atoms with Crippen LogP contribution in [-0.4, -0.2) is 35.8 Å². The third kappa shape index (κ3) is 3.94. The number of carbonyl (C=O) groups excluding carboxylic acids is 3. The minimum absolute atomic E-state index is 0.104. The zero-order valence-corrected chi connectivity index (χ0v) is 14.8. The van der Waals surface area contributed by atoms with Crippen LogP contribution in [0.1, 0.15) is 15.9 Å². The summed E-state index contributed by atoms with van der Waals surface area (Å²) < 4.78 is 4.65. The molecule has 1 heterocycles. The van der Waals surface area contributed by atoms with Gasteiger partial charge in [-0.2, -0.15) is 0 Å². The lowest BCUT2D eigenvalue weighted by molar-refractivity contribution is -0.122. The second-order valence-electron chi connectivity index (χ2n) is 5.42. The molecule has 6 nitrogen and oxygen atoms in total. The van der Waals surface area contributed by atoms with Crippen LogP contribution in [0.4, 0.5) is 10.5 Å². The van der Waals surface area contributed by atoms with E-state index < -0.39 is 5.97 Å². The van der Waals surface area contributed by atoms with Crippen molar-refractivity contribution in [2.45, 2.75) is 0 Å². The maximum Gasteiger partial charge on any atom is 0.337 e. The van der Waals surface area contributed by atoms with Crippen molar-refractivity contribution in [1.82, 2.24) is 4.90 Å². The number of nitrogens with one attached hydrogen (secondary N) is 1. The topological polar surface area (TPSA) is 75.7 Å². The maximum absolute atomic E-state index is 12.5. The summed E-state index contributed by atoms with van der Waals surface area (Å²) in [6.07, 6.45) is 1.63. The number of hydrogen-bond donors (Lipinski definition) is 1. The van der Waals surface area contributed by atoms with Gasteiger partial charge in [-0.3, -0.25) is 14.5 Å². The number of carbonyl (C=O) groups is 3. The van der Waals surface area contributed by atoms with E-state index in [1.54, 1.807) is 30.3 Å². The lowest BCUT2D eigenvalue weighted by atomic mass is 10.1. The van der Waals surface area contributed by atoms with Gasteiger partial charge >= 0.3 is 5.97 Å². The number of rotatable bonds is 5. The van der Waals surface area contributed by atoms with Gasteiger partial charge in [-0.05, 0) is 47.7 Å². The minimum atomic E-state index is -0.427. The van der Waals surface area contributed by atoms with Crippen molar-refractivity contribution >= 4 is 40.6 Å². The molecule has 132 valence electrons. The predicted molar refractivity (Wildman–Crippen MR) is 101 cm³/mol. The lowest BCUT2D eigenvalue weighted by Gasteiger charge is -2.14. The van der Waals surface area contributed by atoms with Gasteiger partial charge in [0.25, 0.3) is 11.1 Å². The van der Waals surface area contributed by atoms with Gasteiger partial charge in [0.2, 0.25) is 0 Å². The molecular weight excluding hydrogens is 352 g/mol. The quantitative estimate of drug-likeness (QED) is 0.642. The molecule has 3 rings (SSSR count). The summed E-state index contributed by atoms with van der Waals surface area (Å²) in [5.74, 6) is -0.774. The number of methoxy groups -OCH3 is 1. The van der Waals surface area contributed by atoms with Crippen molar-refractivity contribution in [2.75, 3.05) is 19.1 Å². The number of imide groups is 1. The van der Waals surface area contributed by atoms with Crippen LogP contribution in [-0.2, 0) is 9.53 Å². The van der Waals surface area contributed by atoms with Gasteiger partial charge in [-0.25, -0.2) is 4.79 Å². The van der Waals surface area contributed by atoms with E-state index >= 15 is 0 Å². The Bertz CT molecular complexity index is 863. The Kier molecular flexibility index (Phi) is 5.38. The van der Waals surface area contributed by atoms with E-state index in [1.807, 2.05) is 30.3 Å². The highest BCUT2D eigenvalue weighted by molar-refractivity contribution is 8.18. The third-order valence-corrected chi connectivity index (χ3v) is 4.63. The SMILES string of the molecule is COC(=O)c1ccc(/C=C2/SC(=O)N(CNc3ccccc3)C2=O)cc1. The second kappa shape index (κ2) is 7.88. The zero-order valence-electron chi connectivity index (χ0n) is 14.0. The molecule has 1 saturated heterocycles. The number of anilines is 1. The average molecular weight is 368 g/mol. The number of nitrogens with zero attached hydrogens (tertiary/aromatic N) is 1. The molecule has 2 aromatic rings. The standard InChI is InChI=1S/C19H16N2O4S/c1-25-18(23)14-9-7-13(8-10-14)11-16-17(22)21(19(24)26-16)12-20-15-5-3-2-4-6-15/h2-11,20H,12H2,1H3/b16-11+. The molecule has 0 atom stereocenters. The predicted octanol–water partition coefficient (Wildman–Crippen LogP) is 3.58. The molecule has 0 saturated carbocycles. The summed E-state index contributed by atoms with van der Waals surface area (Å²) in [5.41, 5.74) is 1.97. The van der Waals surface area contributed by atoms with E-state index in [-0.39, 0.29) is 17.8 Å². The first kappa shape index (κ1) is 17.8. The van der Waals surface area contributed by atoms with E-state index in [9.17, 15) is 14.4 Å². The van der Waals surface area contributed by atoms with E-state index in [2.05, 4.69) is 10.1 Å². The largest absolute Gasteiger partial charge is 0.465 e. The molecule has 1 fully saturated rings. The van der Waals surface area contributed by atoms with Gasteiger partial charge in [0, 0.05) is 5.69 Å². The van der Waals surface area contributed by atoms with Crippen LogP contribution in [0.5, 0.6) is 0 Å². The summed E-state index contributed by atoms with van der Waals surface area (Å²) in [6.45, 7) is 0.104. The van der Waals surface area contributed by atoms with Crippen molar-refractivity contribution in [3.63, 3.8) is 0 Å². The van der Waals surface area contributed by atoms with Crippen molar-refractivity contribution in [3.05, 3.63) is 70.6 Å². The van der Waals surface area contributed by atoms with Crippen LogP contribution in [0, 0.1) is 0 Å². The van der Waals surface area contributed by atoms with Gasteiger partial charge in [0.05, 0.1) is 24.2 Å². The highest BCUT2D eigenvalue weighted by atomic mass is 32.2. The molecule has 0 bridgehead atoms. The van der Waals surface area contributed by atoms with Crippen LogP contribution >= 0.6 is 11.8 Å².